The van der Waals surface area contributed by atoms with E-state index in [0.717, 1.165) is 0 Å². The zero-order valence-electron chi connectivity index (χ0n) is 6.78. The van der Waals surface area contributed by atoms with Crippen molar-refractivity contribution in [3.05, 3.63) is 12.2 Å². The summed E-state index contributed by atoms with van der Waals surface area (Å²) in [7, 11) is 0. The van der Waals surface area contributed by atoms with Gasteiger partial charge >= 0.3 is 6.18 Å². The number of hydrogen-bond acceptors (Lipinski definition) is 1. The lowest BCUT2D eigenvalue weighted by Gasteiger charge is -2.21. The molecular weight excluding hydrogens is 169 g/mol. The second-order valence-corrected chi connectivity index (χ2v) is 3.58. The molecule has 1 aliphatic rings. The van der Waals surface area contributed by atoms with Crippen LogP contribution in [0.25, 0.3) is 0 Å². The minimum Gasteiger partial charge on any atom is -0.388 e. The normalized spacial score (nSPS) is 23.4. The molecule has 1 nitrogen and oxygen atoms in total. The largest absolute Gasteiger partial charge is 0.414 e. The third-order valence-electron chi connectivity index (χ3n) is 2.39. The Kier molecular flexibility index (Phi) is 1.98. The standard InChI is InChI=1S/C8H11F3O/c1-5(8(9,10)11)6(12)7(2)3-4-7/h6,12H,1,3-4H2,2H3. The summed E-state index contributed by atoms with van der Waals surface area (Å²) in [5, 5.41) is 9.23. The van der Waals surface area contributed by atoms with Gasteiger partial charge in [0.05, 0.1) is 11.7 Å². The minimum absolute atomic E-state index is 0.577. The van der Waals surface area contributed by atoms with Crippen molar-refractivity contribution in [2.24, 2.45) is 5.41 Å². The number of alkyl halides is 3. The van der Waals surface area contributed by atoms with Crippen LogP contribution in [0.2, 0.25) is 0 Å². The molecule has 1 aliphatic carbocycles. The number of aliphatic hydroxyl groups excluding tert-OH is 1. The molecule has 0 heterocycles. The van der Waals surface area contributed by atoms with Gasteiger partial charge in [-0.25, -0.2) is 0 Å². The highest BCUT2D eigenvalue weighted by Crippen LogP contribution is 2.51. The fourth-order valence-corrected chi connectivity index (χ4v) is 1.05. The fraction of sp³-hybridized carbons (Fsp3) is 0.750. The van der Waals surface area contributed by atoms with Crippen LogP contribution in [-0.4, -0.2) is 17.4 Å². The second kappa shape index (κ2) is 2.49. The van der Waals surface area contributed by atoms with Gasteiger partial charge in [-0.1, -0.05) is 13.5 Å². The van der Waals surface area contributed by atoms with Crippen LogP contribution in [0.15, 0.2) is 12.2 Å². The summed E-state index contributed by atoms with van der Waals surface area (Å²) >= 11 is 0. The summed E-state index contributed by atoms with van der Waals surface area (Å²) in [6.07, 6.45) is -4.62. The predicted octanol–water partition coefficient (Wildman–Crippen LogP) is 2.27. The minimum atomic E-state index is -4.47. The Morgan fingerprint density at radius 3 is 2.17 bits per heavy atom. The van der Waals surface area contributed by atoms with E-state index in [1.165, 1.54) is 0 Å². The van der Waals surface area contributed by atoms with Crippen LogP contribution < -0.4 is 0 Å². The number of aliphatic hydroxyl groups is 1. The highest BCUT2D eigenvalue weighted by Gasteiger charge is 2.50. The topological polar surface area (TPSA) is 20.2 Å². The molecule has 1 atom stereocenters. The van der Waals surface area contributed by atoms with E-state index in [4.69, 9.17) is 0 Å². The molecule has 0 radical (unpaired) electrons. The van der Waals surface area contributed by atoms with E-state index >= 15 is 0 Å². The molecule has 1 rings (SSSR count). The summed E-state index contributed by atoms with van der Waals surface area (Å²) < 4.78 is 36.0. The van der Waals surface area contributed by atoms with Gasteiger partial charge in [-0.3, -0.25) is 0 Å². The van der Waals surface area contributed by atoms with Gasteiger partial charge in [-0.05, 0) is 18.3 Å². The molecular formula is C8H11F3O. The van der Waals surface area contributed by atoms with Crippen molar-refractivity contribution < 1.29 is 18.3 Å². The predicted molar refractivity (Wildman–Crippen MR) is 38.5 cm³/mol. The van der Waals surface area contributed by atoms with Crippen molar-refractivity contribution in [2.45, 2.75) is 32.0 Å². The highest BCUT2D eigenvalue weighted by molar-refractivity contribution is 5.17. The van der Waals surface area contributed by atoms with E-state index in [0.29, 0.717) is 12.8 Å². The van der Waals surface area contributed by atoms with Crippen molar-refractivity contribution in [1.29, 1.82) is 0 Å². The number of hydrogen-bond donors (Lipinski definition) is 1. The third kappa shape index (κ3) is 1.63. The smallest absolute Gasteiger partial charge is 0.388 e. The van der Waals surface area contributed by atoms with Crippen LogP contribution in [0.5, 0.6) is 0 Å². The Morgan fingerprint density at radius 2 is 1.92 bits per heavy atom. The first kappa shape index (κ1) is 9.58. The first-order valence-corrected chi connectivity index (χ1v) is 3.71. The molecule has 12 heavy (non-hydrogen) atoms. The maximum atomic E-state index is 12.0. The molecule has 0 aliphatic heterocycles. The van der Waals surface area contributed by atoms with Gasteiger partial charge in [0.15, 0.2) is 0 Å². The van der Waals surface area contributed by atoms with Crippen molar-refractivity contribution in [2.75, 3.05) is 0 Å². The molecule has 0 aromatic carbocycles. The van der Waals surface area contributed by atoms with E-state index in [2.05, 4.69) is 6.58 Å². The molecule has 70 valence electrons. The fourth-order valence-electron chi connectivity index (χ4n) is 1.05. The van der Waals surface area contributed by atoms with Gasteiger partial charge in [0, 0.05) is 0 Å². The monoisotopic (exact) mass is 180 g/mol. The lowest BCUT2D eigenvalue weighted by molar-refractivity contribution is -0.110. The van der Waals surface area contributed by atoms with Crippen molar-refractivity contribution in [3.63, 3.8) is 0 Å². The molecule has 0 bridgehead atoms. The third-order valence-corrected chi connectivity index (χ3v) is 2.39. The average molecular weight is 180 g/mol. The van der Waals surface area contributed by atoms with Gasteiger partial charge in [0.25, 0.3) is 0 Å². The Balaban J connectivity index is 2.65. The van der Waals surface area contributed by atoms with E-state index < -0.39 is 23.3 Å². The van der Waals surface area contributed by atoms with Crippen molar-refractivity contribution in [3.8, 4) is 0 Å². The molecule has 0 amide bonds. The Bertz CT molecular complexity index is 203. The van der Waals surface area contributed by atoms with Gasteiger partial charge in [-0.15, -0.1) is 0 Å². The van der Waals surface area contributed by atoms with Crippen LogP contribution >= 0.6 is 0 Å². The quantitative estimate of drug-likeness (QED) is 0.646. The molecule has 1 unspecified atom stereocenters. The maximum absolute atomic E-state index is 12.0. The number of halogens is 3. The molecule has 1 fully saturated rings. The molecule has 0 aromatic heterocycles. The van der Waals surface area contributed by atoms with Crippen LogP contribution in [0.3, 0.4) is 0 Å². The molecule has 0 saturated heterocycles. The molecule has 1 saturated carbocycles. The van der Waals surface area contributed by atoms with Crippen LogP contribution in [0.1, 0.15) is 19.8 Å². The first-order chi connectivity index (χ1) is 5.27. The van der Waals surface area contributed by atoms with E-state index in [1.807, 2.05) is 0 Å². The summed E-state index contributed by atoms with van der Waals surface area (Å²) in [5.41, 5.74) is -1.60. The lowest BCUT2D eigenvalue weighted by atomic mass is 9.95. The SMILES string of the molecule is C=C(C(O)C1(C)CC1)C(F)(F)F. The molecule has 1 N–H and O–H groups in total. The van der Waals surface area contributed by atoms with Crippen molar-refractivity contribution >= 4 is 0 Å². The Labute approximate surface area is 68.9 Å². The highest BCUT2D eigenvalue weighted by atomic mass is 19.4. The summed E-state index contributed by atoms with van der Waals surface area (Å²) in [6, 6.07) is 0. The summed E-state index contributed by atoms with van der Waals surface area (Å²) in [6.45, 7) is 4.49. The molecule has 4 heteroatoms. The van der Waals surface area contributed by atoms with Crippen molar-refractivity contribution in [1.82, 2.24) is 0 Å². The average Bonchev–Trinajstić information content (AvgIpc) is 2.64. The van der Waals surface area contributed by atoms with E-state index in [9.17, 15) is 18.3 Å². The summed E-state index contributed by atoms with van der Waals surface area (Å²) in [5.74, 6) is 0. The summed E-state index contributed by atoms with van der Waals surface area (Å²) in [4.78, 5) is 0. The Hall–Kier alpha value is -0.510. The number of rotatable bonds is 2. The van der Waals surface area contributed by atoms with E-state index in [1.54, 1.807) is 6.92 Å². The molecule has 0 spiro atoms. The first-order valence-electron chi connectivity index (χ1n) is 3.71. The zero-order valence-corrected chi connectivity index (χ0v) is 6.78. The van der Waals surface area contributed by atoms with Crippen LogP contribution in [-0.2, 0) is 0 Å². The second-order valence-electron chi connectivity index (χ2n) is 3.58. The Morgan fingerprint density at radius 1 is 1.50 bits per heavy atom. The molecule has 0 aromatic rings. The maximum Gasteiger partial charge on any atom is 0.414 e. The van der Waals surface area contributed by atoms with Gasteiger partial charge in [0.1, 0.15) is 0 Å². The van der Waals surface area contributed by atoms with Gasteiger partial charge in [0.2, 0.25) is 0 Å². The van der Waals surface area contributed by atoms with Gasteiger partial charge in [-0.2, -0.15) is 13.2 Å². The van der Waals surface area contributed by atoms with Crippen LogP contribution in [0, 0.1) is 5.41 Å². The van der Waals surface area contributed by atoms with Crippen LogP contribution in [0.4, 0.5) is 13.2 Å². The zero-order chi connectivity index (χ0) is 9.57. The lowest BCUT2D eigenvalue weighted by Crippen LogP contribution is -2.29. The van der Waals surface area contributed by atoms with Gasteiger partial charge < -0.3 is 5.11 Å². The van der Waals surface area contributed by atoms with E-state index in [-0.39, 0.29) is 0 Å².